The number of benzene rings is 2. The van der Waals surface area contributed by atoms with E-state index in [0.29, 0.717) is 5.56 Å². The third-order valence-corrected chi connectivity index (χ3v) is 3.07. The van der Waals surface area contributed by atoms with Crippen LogP contribution in [0.5, 0.6) is 5.75 Å². The van der Waals surface area contributed by atoms with Gasteiger partial charge in [0.25, 0.3) is 0 Å². The van der Waals surface area contributed by atoms with Crippen LogP contribution in [0.15, 0.2) is 51.9 Å². The Morgan fingerprint density at radius 1 is 1.26 bits per heavy atom. The standard InChI is InChI=1S/C13H9BrN2O3/c14-10-3-1-2-4-11(10)15-8-9-5-6-13(17)12(7-9)16(18)19/h1-8,17H. The van der Waals surface area contributed by atoms with E-state index >= 15 is 0 Å². The van der Waals surface area contributed by atoms with Crippen LogP contribution in [0.4, 0.5) is 11.4 Å². The average molecular weight is 321 g/mol. The third kappa shape index (κ3) is 3.17. The number of aliphatic imine (C=N–C) groups is 1. The van der Waals surface area contributed by atoms with E-state index < -0.39 is 4.92 Å². The fraction of sp³-hybridized carbons (Fsp3) is 0. The van der Waals surface area contributed by atoms with Gasteiger partial charge >= 0.3 is 5.69 Å². The van der Waals surface area contributed by atoms with Crippen molar-refractivity contribution < 1.29 is 10.0 Å². The molecule has 0 radical (unpaired) electrons. The lowest BCUT2D eigenvalue weighted by atomic mass is 10.2. The zero-order chi connectivity index (χ0) is 13.8. The van der Waals surface area contributed by atoms with Crippen molar-refractivity contribution in [1.29, 1.82) is 0 Å². The molecule has 0 atom stereocenters. The summed E-state index contributed by atoms with van der Waals surface area (Å²) in [6.07, 6.45) is 1.51. The Hall–Kier alpha value is -2.21. The molecule has 2 rings (SSSR count). The number of hydrogen-bond acceptors (Lipinski definition) is 4. The minimum absolute atomic E-state index is 0.337. The van der Waals surface area contributed by atoms with Crippen LogP contribution in [-0.2, 0) is 0 Å². The predicted octanol–water partition coefficient (Wildman–Crippen LogP) is 3.81. The van der Waals surface area contributed by atoms with Gasteiger partial charge in [0.2, 0.25) is 0 Å². The Labute approximate surface area is 117 Å². The molecule has 2 aromatic rings. The van der Waals surface area contributed by atoms with Crippen molar-refractivity contribution in [2.45, 2.75) is 0 Å². The van der Waals surface area contributed by atoms with Gasteiger partial charge in [0.1, 0.15) is 0 Å². The molecule has 0 heterocycles. The van der Waals surface area contributed by atoms with Gasteiger partial charge in [-0.25, -0.2) is 0 Å². The van der Waals surface area contributed by atoms with Crippen molar-refractivity contribution in [1.82, 2.24) is 0 Å². The number of rotatable bonds is 3. The highest BCUT2D eigenvalue weighted by molar-refractivity contribution is 9.10. The molecule has 5 nitrogen and oxygen atoms in total. The minimum Gasteiger partial charge on any atom is -0.502 e. The van der Waals surface area contributed by atoms with Gasteiger partial charge in [0.15, 0.2) is 5.75 Å². The Morgan fingerprint density at radius 3 is 2.68 bits per heavy atom. The first-order valence-corrected chi connectivity index (χ1v) is 6.13. The second-order valence-corrected chi connectivity index (χ2v) is 4.57. The van der Waals surface area contributed by atoms with Crippen LogP contribution in [0.25, 0.3) is 0 Å². The molecule has 0 unspecified atom stereocenters. The fourth-order valence-corrected chi connectivity index (χ4v) is 1.85. The Balaban J connectivity index is 2.32. The lowest BCUT2D eigenvalue weighted by Crippen LogP contribution is -1.90. The summed E-state index contributed by atoms with van der Waals surface area (Å²) in [7, 11) is 0. The SMILES string of the molecule is O=[N+]([O-])c1cc(C=Nc2ccccc2Br)ccc1O. The number of para-hydroxylation sites is 1. The van der Waals surface area contributed by atoms with E-state index in [-0.39, 0.29) is 11.4 Å². The number of phenols is 1. The summed E-state index contributed by atoms with van der Waals surface area (Å²) in [4.78, 5) is 14.3. The molecule has 0 aliphatic rings. The van der Waals surface area contributed by atoms with Gasteiger partial charge in [-0.15, -0.1) is 0 Å². The summed E-state index contributed by atoms with van der Waals surface area (Å²) in [6, 6.07) is 11.5. The number of nitrogens with zero attached hydrogens (tertiary/aromatic N) is 2. The molecule has 0 saturated heterocycles. The van der Waals surface area contributed by atoms with Crippen LogP contribution < -0.4 is 0 Å². The van der Waals surface area contributed by atoms with Crippen molar-refractivity contribution in [2.24, 2.45) is 4.99 Å². The predicted molar refractivity (Wildman–Crippen MR) is 76.2 cm³/mol. The number of hydrogen-bond donors (Lipinski definition) is 1. The highest BCUT2D eigenvalue weighted by Crippen LogP contribution is 2.27. The maximum atomic E-state index is 10.7. The van der Waals surface area contributed by atoms with Crippen LogP contribution in [0.3, 0.4) is 0 Å². The lowest BCUT2D eigenvalue weighted by molar-refractivity contribution is -0.385. The first-order valence-electron chi connectivity index (χ1n) is 5.34. The summed E-state index contributed by atoms with van der Waals surface area (Å²) in [5.74, 6) is -0.358. The average Bonchev–Trinajstić information content (AvgIpc) is 2.39. The molecular formula is C13H9BrN2O3. The Bertz CT molecular complexity index is 656. The van der Waals surface area contributed by atoms with Crippen molar-refractivity contribution in [3.63, 3.8) is 0 Å². The normalized spacial score (nSPS) is 10.8. The molecule has 2 aromatic carbocycles. The molecule has 96 valence electrons. The lowest BCUT2D eigenvalue weighted by Gasteiger charge is -1.99. The summed E-state index contributed by atoms with van der Waals surface area (Å²) >= 11 is 3.36. The number of aromatic hydroxyl groups is 1. The maximum Gasteiger partial charge on any atom is 0.311 e. The van der Waals surface area contributed by atoms with Crippen LogP contribution in [-0.4, -0.2) is 16.2 Å². The maximum absolute atomic E-state index is 10.7. The molecule has 0 fully saturated rings. The van der Waals surface area contributed by atoms with E-state index in [1.807, 2.05) is 24.3 Å². The van der Waals surface area contributed by atoms with Gasteiger partial charge in [0, 0.05) is 16.8 Å². The highest BCUT2D eigenvalue weighted by Gasteiger charge is 2.12. The molecule has 0 bridgehead atoms. The van der Waals surface area contributed by atoms with Gasteiger partial charge < -0.3 is 5.11 Å². The topological polar surface area (TPSA) is 75.7 Å². The zero-order valence-corrected chi connectivity index (χ0v) is 11.2. The number of nitro benzene ring substituents is 1. The summed E-state index contributed by atoms with van der Waals surface area (Å²) in [5.41, 5.74) is 0.926. The molecule has 0 aliphatic heterocycles. The van der Waals surface area contributed by atoms with Crippen molar-refractivity contribution in [3.05, 3.63) is 62.6 Å². The fourth-order valence-electron chi connectivity index (χ4n) is 1.47. The van der Waals surface area contributed by atoms with E-state index in [1.165, 1.54) is 18.3 Å². The van der Waals surface area contributed by atoms with Crippen molar-refractivity contribution >= 4 is 33.5 Å². The first-order chi connectivity index (χ1) is 9.08. The molecular weight excluding hydrogens is 312 g/mol. The van der Waals surface area contributed by atoms with Crippen molar-refractivity contribution in [3.8, 4) is 5.75 Å². The second-order valence-electron chi connectivity index (χ2n) is 3.71. The number of phenolic OH excluding ortho intramolecular Hbond substituents is 1. The van der Waals surface area contributed by atoms with Gasteiger partial charge in [-0.3, -0.25) is 15.1 Å². The molecule has 0 saturated carbocycles. The van der Waals surface area contributed by atoms with Crippen LogP contribution >= 0.6 is 15.9 Å². The van der Waals surface area contributed by atoms with E-state index in [0.717, 1.165) is 10.2 Å². The third-order valence-electron chi connectivity index (χ3n) is 2.40. The molecule has 0 aromatic heterocycles. The van der Waals surface area contributed by atoms with Crippen molar-refractivity contribution in [2.75, 3.05) is 0 Å². The van der Waals surface area contributed by atoms with Gasteiger partial charge in [-0.2, -0.15) is 0 Å². The molecule has 0 spiro atoms. The van der Waals surface area contributed by atoms with Crippen LogP contribution in [0.1, 0.15) is 5.56 Å². The van der Waals surface area contributed by atoms with E-state index in [9.17, 15) is 15.2 Å². The molecule has 19 heavy (non-hydrogen) atoms. The molecule has 1 N–H and O–H groups in total. The van der Waals surface area contributed by atoms with Gasteiger partial charge in [-0.1, -0.05) is 12.1 Å². The van der Waals surface area contributed by atoms with E-state index in [4.69, 9.17) is 0 Å². The van der Waals surface area contributed by atoms with E-state index in [1.54, 1.807) is 6.07 Å². The molecule has 6 heteroatoms. The second kappa shape index (κ2) is 5.62. The quantitative estimate of drug-likeness (QED) is 0.530. The molecule has 0 aliphatic carbocycles. The molecule has 0 amide bonds. The largest absolute Gasteiger partial charge is 0.502 e. The van der Waals surface area contributed by atoms with Crippen LogP contribution in [0.2, 0.25) is 0 Å². The summed E-state index contributed by atoms with van der Waals surface area (Å²) in [5, 5.41) is 20.0. The minimum atomic E-state index is -0.634. The van der Waals surface area contributed by atoms with E-state index in [2.05, 4.69) is 20.9 Å². The Kier molecular flexibility index (Phi) is 3.91. The summed E-state index contributed by atoms with van der Waals surface area (Å²) in [6.45, 7) is 0. The monoisotopic (exact) mass is 320 g/mol. The number of halogens is 1. The van der Waals surface area contributed by atoms with Crippen LogP contribution in [0, 0.1) is 10.1 Å². The zero-order valence-electron chi connectivity index (χ0n) is 9.65. The highest BCUT2D eigenvalue weighted by atomic mass is 79.9. The Morgan fingerprint density at radius 2 is 2.00 bits per heavy atom. The number of nitro groups is 1. The summed E-state index contributed by atoms with van der Waals surface area (Å²) < 4.78 is 0.833. The van der Waals surface area contributed by atoms with Gasteiger partial charge in [0.05, 0.1) is 10.6 Å². The smallest absolute Gasteiger partial charge is 0.311 e. The first kappa shape index (κ1) is 13.2. The van der Waals surface area contributed by atoms with Gasteiger partial charge in [-0.05, 0) is 45.8 Å².